The summed E-state index contributed by atoms with van der Waals surface area (Å²) in [5.41, 5.74) is -0.124. The Morgan fingerprint density at radius 3 is 2.59 bits per heavy atom. The van der Waals surface area contributed by atoms with Crippen LogP contribution in [0.1, 0.15) is 37.3 Å². The van der Waals surface area contributed by atoms with E-state index in [9.17, 15) is 13.2 Å². The van der Waals surface area contributed by atoms with Gasteiger partial charge in [0.2, 0.25) is 0 Å². The van der Waals surface area contributed by atoms with E-state index in [0.717, 1.165) is 25.0 Å². The van der Waals surface area contributed by atoms with Gasteiger partial charge in [0, 0.05) is 0 Å². The molecular formula is C12H14F3NO. The molecule has 0 heterocycles. The first-order chi connectivity index (χ1) is 7.99. The predicted octanol–water partition coefficient (Wildman–Crippen LogP) is 4.07. The predicted molar refractivity (Wildman–Crippen MR) is 59.3 cm³/mol. The molecule has 2 nitrogen and oxygen atoms in total. The van der Waals surface area contributed by atoms with Crippen molar-refractivity contribution in [3.8, 4) is 0 Å². The number of unbranched alkanes of at least 4 members (excludes halogenated alkanes) is 1. The highest BCUT2D eigenvalue weighted by Gasteiger charge is 2.30. The summed E-state index contributed by atoms with van der Waals surface area (Å²) in [6, 6.07) is 4.83. The van der Waals surface area contributed by atoms with Crippen LogP contribution in [-0.2, 0) is 6.18 Å². The van der Waals surface area contributed by atoms with Crippen LogP contribution in [-0.4, -0.2) is 10.9 Å². The second-order valence-corrected chi connectivity index (χ2v) is 3.73. The van der Waals surface area contributed by atoms with Crippen molar-refractivity contribution in [1.29, 1.82) is 0 Å². The van der Waals surface area contributed by atoms with Crippen LogP contribution < -0.4 is 0 Å². The Balaban J connectivity index is 2.98. The lowest BCUT2D eigenvalue weighted by Gasteiger charge is -2.09. The van der Waals surface area contributed by atoms with Crippen LogP contribution in [0.2, 0.25) is 0 Å². The molecule has 0 unspecified atom stereocenters. The van der Waals surface area contributed by atoms with Crippen LogP contribution in [0.4, 0.5) is 13.2 Å². The van der Waals surface area contributed by atoms with E-state index in [1.165, 1.54) is 12.1 Å². The monoisotopic (exact) mass is 245 g/mol. The third-order valence-corrected chi connectivity index (χ3v) is 2.41. The summed E-state index contributed by atoms with van der Waals surface area (Å²) < 4.78 is 37.5. The quantitative estimate of drug-likeness (QED) is 0.484. The Bertz CT molecular complexity index is 399. The van der Waals surface area contributed by atoms with Gasteiger partial charge in [-0.15, -0.1) is 0 Å². The van der Waals surface area contributed by atoms with Gasteiger partial charge in [-0.2, -0.15) is 13.2 Å². The van der Waals surface area contributed by atoms with Crippen LogP contribution >= 0.6 is 0 Å². The lowest BCUT2D eigenvalue weighted by Crippen LogP contribution is -2.08. The van der Waals surface area contributed by atoms with Gasteiger partial charge < -0.3 is 5.21 Å². The average molecular weight is 245 g/mol. The van der Waals surface area contributed by atoms with Crippen LogP contribution in [0, 0.1) is 0 Å². The number of alkyl halides is 3. The van der Waals surface area contributed by atoms with Gasteiger partial charge in [-0.1, -0.05) is 30.6 Å². The minimum Gasteiger partial charge on any atom is -0.411 e. The normalized spacial score (nSPS) is 12.8. The second kappa shape index (κ2) is 5.70. The van der Waals surface area contributed by atoms with Crippen molar-refractivity contribution in [2.75, 3.05) is 0 Å². The van der Waals surface area contributed by atoms with Gasteiger partial charge in [-0.3, -0.25) is 0 Å². The standard InChI is InChI=1S/C12H14F3NO/c1-2-3-7-11(16-17)9-5-4-6-10(8-9)12(13,14)15/h4-6,8,17H,2-3,7H2,1H3. The first-order valence-electron chi connectivity index (χ1n) is 5.37. The molecule has 0 aliphatic rings. The number of oxime groups is 1. The van der Waals surface area contributed by atoms with Crippen molar-refractivity contribution in [2.24, 2.45) is 5.16 Å². The van der Waals surface area contributed by atoms with E-state index in [-0.39, 0.29) is 5.71 Å². The van der Waals surface area contributed by atoms with E-state index in [0.29, 0.717) is 12.0 Å². The molecule has 1 rings (SSSR count). The van der Waals surface area contributed by atoms with Crippen molar-refractivity contribution in [2.45, 2.75) is 32.4 Å². The first kappa shape index (κ1) is 13.5. The van der Waals surface area contributed by atoms with E-state index in [2.05, 4.69) is 5.16 Å². The van der Waals surface area contributed by atoms with Crippen LogP contribution in [0.5, 0.6) is 0 Å². The zero-order chi connectivity index (χ0) is 12.9. The molecule has 5 heteroatoms. The fraction of sp³-hybridized carbons (Fsp3) is 0.417. The zero-order valence-corrected chi connectivity index (χ0v) is 9.46. The maximum absolute atomic E-state index is 12.5. The molecular weight excluding hydrogens is 231 g/mol. The molecule has 0 bridgehead atoms. The van der Waals surface area contributed by atoms with Gasteiger partial charge in [0.25, 0.3) is 0 Å². The molecule has 0 aliphatic heterocycles. The highest BCUT2D eigenvalue weighted by atomic mass is 19.4. The largest absolute Gasteiger partial charge is 0.416 e. The van der Waals surface area contributed by atoms with E-state index in [4.69, 9.17) is 5.21 Å². The number of hydrogen-bond donors (Lipinski definition) is 1. The molecule has 0 spiro atoms. The number of rotatable bonds is 4. The Morgan fingerprint density at radius 2 is 2.06 bits per heavy atom. The van der Waals surface area contributed by atoms with Gasteiger partial charge in [0.1, 0.15) is 0 Å². The van der Waals surface area contributed by atoms with Crippen molar-refractivity contribution in [1.82, 2.24) is 0 Å². The molecule has 0 fully saturated rings. The number of nitrogens with zero attached hydrogens (tertiary/aromatic N) is 1. The van der Waals surface area contributed by atoms with Gasteiger partial charge in [-0.25, -0.2) is 0 Å². The third kappa shape index (κ3) is 3.76. The van der Waals surface area contributed by atoms with Gasteiger partial charge in [0.15, 0.2) is 0 Å². The SMILES string of the molecule is CCCCC(=NO)c1cccc(C(F)(F)F)c1. The average Bonchev–Trinajstić information content (AvgIpc) is 2.29. The smallest absolute Gasteiger partial charge is 0.411 e. The van der Waals surface area contributed by atoms with Gasteiger partial charge in [-0.05, 0) is 30.5 Å². The Labute approximate surface area is 97.8 Å². The van der Waals surface area contributed by atoms with Crippen molar-refractivity contribution >= 4 is 5.71 Å². The maximum Gasteiger partial charge on any atom is 0.416 e. The molecule has 0 saturated carbocycles. The molecule has 0 amide bonds. The summed E-state index contributed by atoms with van der Waals surface area (Å²) in [7, 11) is 0. The fourth-order valence-corrected chi connectivity index (χ4v) is 1.47. The molecule has 17 heavy (non-hydrogen) atoms. The van der Waals surface area contributed by atoms with E-state index < -0.39 is 11.7 Å². The second-order valence-electron chi connectivity index (χ2n) is 3.73. The van der Waals surface area contributed by atoms with E-state index in [1.54, 1.807) is 0 Å². The van der Waals surface area contributed by atoms with Crippen LogP contribution in [0.15, 0.2) is 29.4 Å². The van der Waals surface area contributed by atoms with Gasteiger partial charge >= 0.3 is 6.18 Å². The number of halogens is 3. The van der Waals surface area contributed by atoms with Crippen molar-refractivity contribution < 1.29 is 18.4 Å². The van der Waals surface area contributed by atoms with Crippen LogP contribution in [0.3, 0.4) is 0 Å². The summed E-state index contributed by atoms with van der Waals surface area (Å²) in [6.07, 6.45) is -2.25. The lowest BCUT2D eigenvalue weighted by molar-refractivity contribution is -0.137. The summed E-state index contributed by atoms with van der Waals surface area (Å²) in [4.78, 5) is 0. The number of benzene rings is 1. The Hall–Kier alpha value is -1.52. The molecule has 0 saturated heterocycles. The molecule has 0 aliphatic carbocycles. The van der Waals surface area contributed by atoms with Crippen LogP contribution in [0.25, 0.3) is 0 Å². The molecule has 94 valence electrons. The summed E-state index contributed by atoms with van der Waals surface area (Å²) >= 11 is 0. The Morgan fingerprint density at radius 1 is 1.35 bits per heavy atom. The van der Waals surface area contributed by atoms with Gasteiger partial charge in [0.05, 0.1) is 11.3 Å². The fourth-order valence-electron chi connectivity index (χ4n) is 1.47. The minimum atomic E-state index is -4.37. The molecule has 0 atom stereocenters. The molecule has 0 aromatic heterocycles. The maximum atomic E-state index is 12.5. The summed E-state index contributed by atoms with van der Waals surface area (Å²) in [5.74, 6) is 0. The zero-order valence-electron chi connectivity index (χ0n) is 9.46. The van der Waals surface area contributed by atoms with E-state index >= 15 is 0 Å². The third-order valence-electron chi connectivity index (χ3n) is 2.41. The molecule has 1 aromatic carbocycles. The molecule has 1 aromatic rings. The minimum absolute atomic E-state index is 0.290. The van der Waals surface area contributed by atoms with Crippen molar-refractivity contribution in [3.63, 3.8) is 0 Å². The molecule has 1 N–H and O–H groups in total. The summed E-state index contributed by atoms with van der Waals surface area (Å²) in [5, 5.41) is 11.9. The molecule has 0 radical (unpaired) electrons. The Kier molecular flexibility index (Phi) is 4.54. The summed E-state index contributed by atoms with van der Waals surface area (Å²) in [6.45, 7) is 1.96. The highest BCUT2D eigenvalue weighted by Crippen LogP contribution is 2.29. The van der Waals surface area contributed by atoms with Crippen molar-refractivity contribution in [3.05, 3.63) is 35.4 Å². The highest BCUT2D eigenvalue weighted by molar-refractivity contribution is 6.00. The number of hydrogen-bond acceptors (Lipinski definition) is 2. The topological polar surface area (TPSA) is 32.6 Å². The lowest BCUT2D eigenvalue weighted by atomic mass is 10.0. The first-order valence-corrected chi connectivity index (χ1v) is 5.37. The van der Waals surface area contributed by atoms with E-state index in [1.807, 2.05) is 6.92 Å².